The van der Waals surface area contributed by atoms with E-state index in [-0.39, 0.29) is 11.5 Å². The minimum absolute atomic E-state index is 0.0507. The molecule has 2 heterocycles. The molecule has 5 nitrogen and oxygen atoms in total. The average Bonchev–Trinajstić information content (AvgIpc) is 3.09. The zero-order valence-corrected chi connectivity index (χ0v) is 13.2. The SMILES string of the molecule is Cc1cc(NC23CCC2CN(C(=O)C2CCCC2)C3)ncn1. The fourth-order valence-corrected chi connectivity index (χ4v) is 4.42. The molecule has 0 spiro atoms. The van der Waals surface area contributed by atoms with Gasteiger partial charge in [0.15, 0.2) is 0 Å². The number of hydrogen-bond donors (Lipinski definition) is 1. The fraction of sp³-hybridized carbons (Fsp3) is 0.706. The van der Waals surface area contributed by atoms with Crippen LogP contribution < -0.4 is 5.32 Å². The summed E-state index contributed by atoms with van der Waals surface area (Å²) < 4.78 is 0. The molecule has 4 rings (SSSR count). The van der Waals surface area contributed by atoms with E-state index in [0.717, 1.165) is 43.9 Å². The first-order chi connectivity index (χ1) is 10.7. The molecule has 1 amide bonds. The van der Waals surface area contributed by atoms with Crippen LogP contribution in [0.4, 0.5) is 5.82 Å². The molecule has 118 valence electrons. The number of carbonyl (C=O) groups is 1. The van der Waals surface area contributed by atoms with Crippen molar-refractivity contribution in [3.05, 3.63) is 18.1 Å². The number of aryl methyl sites for hydroxylation is 1. The molecule has 0 radical (unpaired) electrons. The van der Waals surface area contributed by atoms with Crippen LogP contribution >= 0.6 is 0 Å². The van der Waals surface area contributed by atoms with Crippen molar-refractivity contribution in [1.29, 1.82) is 0 Å². The van der Waals surface area contributed by atoms with Gasteiger partial charge in [-0.1, -0.05) is 12.8 Å². The molecule has 2 atom stereocenters. The molecular formula is C17H24N4O. The van der Waals surface area contributed by atoms with Crippen molar-refractivity contribution >= 4 is 11.7 Å². The normalized spacial score (nSPS) is 31.0. The van der Waals surface area contributed by atoms with Crippen LogP contribution in [0.5, 0.6) is 0 Å². The molecule has 0 aromatic carbocycles. The van der Waals surface area contributed by atoms with Crippen LogP contribution in [-0.4, -0.2) is 39.4 Å². The molecule has 22 heavy (non-hydrogen) atoms. The third-order valence-electron chi connectivity index (χ3n) is 5.83. The van der Waals surface area contributed by atoms with Gasteiger partial charge in [0.2, 0.25) is 5.91 Å². The van der Waals surface area contributed by atoms with Crippen molar-refractivity contribution < 1.29 is 4.79 Å². The lowest BCUT2D eigenvalue weighted by atomic mass is 9.69. The molecule has 2 aliphatic carbocycles. The van der Waals surface area contributed by atoms with Crippen LogP contribution in [0, 0.1) is 18.8 Å². The number of likely N-dealkylation sites (tertiary alicyclic amines) is 1. The molecule has 0 bridgehead atoms. The summed E-state index contributed by atoms with van der Waals surface area (Å²) >= 11 is 0. The lowest BCUT2D eigenvalue weighted by molar-refractivity contribution is -0.134. The van der Waals surface area contributed by atoms with Gasteiger partial charge in [0, 0.05) is 36.7 Å². The minimum Gasteiger partial charge on any atom is -0.362 e. The molecule has 1 aliphatic heterocycles. The number of anilines is 1. The van der Waals surface area contributed by atoms with Crippen LogP contribution in [0.25, 0.3) is 0 Å². The van der Waals surface area contributed by atoms with Gasteiger partial charge in [-0.3, -0.25) is 4.79 Å². The van der Waals surface area contributed by atoms with Crippen molar-refractivity contribution in [2.75, 3.05) is 18.4 Å². The van der Waals surface area contributed by atoms with E-state index in [2.05, 4.69) is 20.2 Å². The van der Waals surface area contributed by atoms with E-state index in [1.807, 2.05) is 13.0 Å². The second kappa shape index (κ2) is 5.21. The highest BCUT2D eigenvalue weighted by Crippen LogP contribution is 2.47. The van der Waals surface area contributed by atoms with E-state index in [9.17, 15) is 4.79 Å². The number of fused-ring (bicyclic) bond motifs is 1. The average molecular weight is 300 g/mol. The van der Waals surface area contributed by atoms with E-state index in [4.69, 9.17) is 0 Å². The summed E-state index contributed by atoms with van der Waals surface area (Å²) in [6.07, 6.45) is 8.57. The Hall–Kier alpha value is -1.65. The second-order valence-electron chi connectivity index (χ2n) is 7.26. The maximum atomic E-state index is 12.7. The van der Waals surface area contributed by atoms with Crippen molar-refractivity contribution in [2.24, 2.45) is 11.8 Å². The highest BCUT2D eigenvalue weighted by molar-refractivity contribution is 5.80. The fourth-order valence-electron chi connectivity index (χ4n) is 4.42. The van der Waals surface area contributed by atoms with Crippen LogP contribution in [0.1, 0.15) is 44.2 Å². The maximum absolute atomic E-state index is 12.7. The molecule has 1 aromatic rings. The highest BCUT2D eigenvalue weighted by Gasteiger charge is 2.54. The molecular weight excluding hydrogens is 276 g/mol. The summed E-state index contributed by atoms with van der Waals surface area (Å²) in [5.74, 6) is 2.16. The molecule has 2 unspecified atom stereocenters. The number of nitrogens with zero attached hydrogens (tertiary/aromatic N) is 3. The molecule has 2 saturated carbocycles. The van der Waals surface area contributed by atoms with Gasteiger partial charge in [-0.25, -0.2) is 9.97 Å². The van der Waals surface area contributed by atoms with Crippen LogP contribution in [0.15, 0.2) is 12.4 Å². The Morgan fingerprint density at radius 2 is 2.14 bits per heavy atom. The molecule has 5 heteroatoms. The summed E-state index contributed by atoms with van der Waals surface area (Å²) in [6.45, 7) is 3.75. The third-order valence-corrected chi connectivity index (χ3v) is 5.83. The third kappa shape index (κ3) is 2.27. The number of amides is 1. The van der Waals surface area contributed by atoms with Gasteiger partial charge >= 0.3 is 0 Å². The maximum Gasteiger partial charge on any atom is 0.225 e. The van der Waals surface area contributed by atoms with E-state index >= 15 is 0 Å². The summed E-state index contributed by atoms with van der Waals surface area (Å²) in [6, 6.07) is 1.99. The second-order valence-corrected chi connectivity index (χ2v) is 7.26. The van der Waals surface area contributed by atoms with Crippen LogP contribution in [0.2, 0.25) is 0 Å². The Morgan fingerprint density at radius 1 is 1.32 bits per heavy atom. The van der Waals surface area contributed by atoms with Gasteiger partial charge in [0.05, 0.1) is 5.54 Å². The van der Waals surface area contributed by atoms with Gasteiger partial charge in [0.25, 0.3) is 0 Å². The van der Waals surface area contributed by atoms with Crippen molar-refractivity contribution in [1.82, 2.24) is 14.9 Å². The van der Waals surface area contributed by atoms with Gasteiger partial charge in [-0.15, -0.1) is 0 Å². The molecule has 1 N–H and O–H groups in total. The molecule has 1 saturated heterocycles. The Morgan fingerprint density at radius 3 is 2.82 bits per heavy atom. The topological polar surface area (TPSA) is 58.1 Å². The first-order valence-corrected chi connectivity index (χ1v) is 8.52. The van der Waals surface area contributed by atoms with E-state index in [1.165, 1.54) is 19.3 Å². The Balaban J connectivity index is 1.47. The minimum atomic E-state index is 0.0507. The van der Waals surface area contributed by atoms with Gasteiger partial charge in [-0.2, -0.15) is 0 Å². The molecule has 3 aliphatic rings. The number of nitrogens with one attached hydrogen (secondary N) is 1. The molecule has 1 aromatic heterocycles. The highest BCUT2D eigenvalue weighted by atomic mass is 16.2. The largest absolute Gasteiger partial charge is 0.362 e. The summed E-state index contributed by atoms with van der Waals surface area (Å²) in [5.41, 5.74) is 1.02. The first kappa shape index (κ1) is 14.0. The number of rotatable bonds is 3. The predicted octanol–water partition coefficient (Wildman–Crippen LogP) is 2.38. The van der Waals surface area contributed by atoms with Crippen molar-refractivity contribution in [3.63, 3.8) is 0 Å². The Kier molecular flexibility index (Phi) is 3.31. The standard InChI is InChI=1S/C17H24N4O/c1-12-8-15(19-11-18-12)20-17-7-6-14(17)9-21(10-17)16(22)13-4-2-3-5-13/h8,11,13-14H,2-7,9-10H2,1H3,(H,18,19,20). The lowest BCUT2D eigenvalue weighted by Gasteiger charge is -2.44. The van der Waals surface area contributed by atoms with Gasteiger partial charge < -0.3 is 10.2 Å². The first-order valence-electron chi connectivity index (χ1n) is 8.52. The summed E-state index contributed by atoms with van der Waals surface area (Å²) in [7, 11) is 0. The quantitative estimate of drug-likeness (QED) is 0.931. The van der Waals surface area contributed by atoms with Crippen molar-refractivity contribution in [2.45, 2.75) is 51.0 Å². The van der Waals surface area contributed by atoms with Gasteiger partial charge in [0.1, 0.15) is 12.1 Å². The van der Waals surface area contributed by atoms with E-state index in [1.54, 1.807) is 6.33 Å². The Labute approximate surface area is 131 Å². The zero-order chi connectivity index (χ0) is 15.2. The zero-order valence-electron chi connectivity index (χ0n) is 13.2. The Bertz CT molecular complexity index is 584. The number of hydrogen-bond acceptors (Lipinski definition) is 4. The monoisotopic (exact) mass is 300 g/mol. The van der Waals surface area contributed by atoms with E-state index < -0.39 is 0 Å². The summed E-state index contributed by atoms with van der Waals surface area (Å²) in [5, 5.41) is 3.63. The predicted molar refractivity (Wildman–Crippen MR) is 84.4 cm³/mol. The smallest absolute Gasteiger partial charge is 0.225 e. The van der Waals surface area contributed by atoms with Crippen molar-refractivity contribution in [3.8, 4) is 0 Å². The summed E-state index contributed by atoms with van der Waals surface area (Å²) in [4.78, 5) is 23.3. The molecule has 3 fully saturated rings. The van der Waals surface area contributed by atoms with Crippen LogP contribution in [0.3, 0.4) is 0 Å². The lowest BCUT2D eigenvalue weighted by Crippen LogP contribution is -2.53. The number of carbonyl (C=O) groups excluding carboxylic acids is 1. The van der Waals surface area contributed by atoms with Gasteiger partial charge in [-0.05, 0) is 32.6 Å². The van der Waals surface area contributed by atoms with E-state index in [0.29, 0.717) is 11.8 Å². The number of aromatic nitrogens is 2. The van der Waals surface area contributed by atoms with Crippen LogP contribution in [-0.2, 0) is 4.79 Å².